The van der Waals surface area contributed by atoms with Crippen LogP contribution in [0, 0.1) is 0 Å². The van der Waals surface area contributed by atoms with Gasteiger partial charge in [-0.1, -0.05) is 6.07 Å². The molecule has 110 valence electrons. The normalized spacial score (nSPS) is 10.2. The molecule has 0 N–H and O–H groups in total. The van der Waals surface area contributed by atoms with Crippen molar-refractivity contribution >= 4 is 5.97 Å². The second-order valence-corrected chi connectivity index (χ2v) is 4.66. The molecule has 1 aromatic carbocycles. The zero-order valence-electron chi connectivity index (χ0n) is 12.0. The average Bonchev–Trinajstić information content (AvgIpc) is 2.95. The lowest BCUT2D eigenvalue weighted by Gasteiger charge is -2.08. The van der Waals surface area contributed by atoms with E-state index in [1.807, 2.05) is 0 Å². The average molecular weight is 294 g/mol. The topological polar surface area (TPSA) is 53.4 Å². The summed E-state index contributed by atoms with van der Waals surface area (Å²) in [6.07, 6.45) is 5.08. The van der Waals surface area contributed by atoms with E-state index < -0.39 is 5.97 Å². The molecule has 0 amide bonds. The summed E-state index contributed by atoms with van der Waals surface area (Å²) in [5, 5.41) is 0. The molecular weight excluding hydrogens is 280 g/mol. The Bertz CT molecular complexity index is 781. The molecule has 0 spiro atoms. The molecule has 3 rings (SSSR count). The van der Waals surface area contributed by atoms with Gasteiger partial charge >= 0.3 is 5.97 Å². The van der Waals surface area contributed by atoms with E-state index in [9.17, 15) is 4.79 Å². The van der Waals surface area contributed by atoms with Gasteiger partial charge in [-0.05, 0) is 36.4 Å². The van der Waals surface area contributed by atoms with Crippen LogP contribution in [0.3, 0.4) is 0 Å². The molecule has 0 saturated heterocycles. The molecule has 0 unspecified atom stereocenters. The van der Waals surface area contributed by atoms with Crippen molar-refractivity contribution in [3.05, 3.63) is 72.8 Å². The first kappa shape index (κ1) is 13.9. The van der Waals surface area contributed by atoms with Gasteiger partial charge in [-0.25, -0.2) is 4.79 Å². The van der Waals surface area contributed by atoms with Crippen LogP contribution in [-0.4, -0.2) is 15.5 Å². The SMILES string of the molecule is Cn1cccc1C(=O)Oc1cccc(Oc2cccnc2)c1. The number of hydrogen-bond donors (Lipinski definition) is 0. The van der Waals surface area contributed by atoms with Gasteiger partial charge in [0.05, 0.1) is 6.20 Å². The van der Waals surface area contributed by atoms with E-state index in [1.54, 1.807) is 78.7 Å². The summed E-state index contributed by atoms with van der Waals surface area (Å²) in [6.45, 7) is 0. The second-order valence-electron chi connectivity index (χ2n) is 4.66. The Balaban J connectivity index is 1.74. The predicted molar refractivity (Wildman–Crippen MR) is 81.1 cm³/mol. The lowest BCUT2D eigenvalue weighted by Crippen LogP contribution is -2.12. The summed E-state index contributed by atoms with van der Waals surface area (Å²) in [6, 6.07) is 14.0. The van der Waals surface area contributed by atoms with Crippen molar-refractivity contribution in [2.45, 2.75) is 0 Å². The predicted octanol–water partition coefficient (Wildman–Crippen LogP) is 3.43. The summed E-state index contributed by atoms with van der Waals surface area (Å²) in [5.74, 6) is 1.21. The molecular formula is C17H14N2O3. The Morgan fingerprint density at radius 3 is 2.59 bits per heavy atom. The minimum Gasteiger partial charge on any atom is -0.456 e. The van der Waals surface area contributed by atoms with Crippen LogP contribution in [0.5, 0.6) is 17.2 Å². The number of pyridine rings is 1. The van der Waals surface area contributed by atoms with Crippen LogP contribution in [0.4, 0.5) is 0 Å². The van der Waals surface area contributed by atoms with E-state index in [4.69, 9.17) is 9.47 Å². The van der Waals surface area contributed by atoms with Crippen LogP contribution in [0.25, 0.3) is 0 Å². The molecule has 5 heteroatoms. The van der Waals surface area contributed by atoms with E-state index >= 15 is 0 Å². The zero-order valence-corrected chi connectivity index (χ0v) is 12.0. The van der Waals surface area contributed by atoms with Crippen molar-refractivity contribution in [3.8, 4) is 17.2 Å². The molecule has 2 aromatic heterocycles. The molecule has 5 nitrogen and oxygen atoms in total. The number of nitrogens with zero attached hydrogens (tertiary/aromatic N) is 2. The molecule has 0 atom stereocenters. The van der Waals surface area contributed by atoms with Crippen LogP contribution in [0.1, 0.15) is 10.5 Å². The third-order valence-corrected chi connectivity index (χ3v) is 3.04. The molecule has 0 saturated carbocycles. The van der Waals surface area contributed by atoms with Crippen molar-refractivity contribution in [2.75, 3.05) is 0 Å². The molecule has 2 heterocycles. The molecule has 22 heavy (non-hydrogen) atoms. The third-order valence-electron chi connectivity index (χ3n) is 3.04. The minimum absolute atomic E-state index is 0.411. The first-order valence-electron chi connectivity index (χ1n) is 6.74. The molecule has 0 radical (unpaired) electrons. The molecule has 0 aliphatic rings. The molecule has 0 aliphatic heterocycles. The summed E-state index contributed by atoms with van der Waals surface area (Å²) in [4.78, 5) is 16.1. The first-order chi connectivity index (χ1) is 10.7. The van der Waals surface area contributed by atoms with Crippen LogP contribution in [0.15, 0.2) is 67.1 Å². The Kier molecular flexibility index (Phi) is 3.87. The van der Waals surface area contributed by atoms with E-state index in [2.05, 4.69) is 4.98 Å². The van der Waals surface area contributed by atoms with Gasteiger partial charge in [0.1, 0.15) is 22.9 Å². The highest BCUT2D eigenvalue weighted by Gasteiger charge is 2.12. The molecule has 3 aromatic rings. The van der Waals surface area contributed by atoms with Gasteiger partial charge in [0, 0.05) is 25.5 Å². The summed E-state index contributed by atoms with van der Waals surface area (Å²) in [5.41, 5.74) is 0.485. The Hall–Kier alpha value is -3.08. The number of hydrogen-bond acceptors (Lipinski definition) is 4. The highest BCUT2D eigenvalue weighted by Crippen LogP contribution is 2.25. The highest BCUT2D eigenvalue weighted by molar-refractivity contribution is 5.89. The van der Waals surface area contributed by atoms with Gasteiger partial charge in [-0.2, -0.15) is 0 Å². The van der Waals surface area contributed by atoms with Crippen molar-refractivity contribution in [3.63, 3.8) is 0 Å². The maximum atomic E-state index is 12.1. The molecule has 0 bridgehead atoms. The van der Waals surface area contributed by atoms with Gasteiger partial charge in [0.2, 0.25) is 0 Å². The maximum absolute atomic E-state index is 12.1. The van der Waals surface area contributed by atoms with Gasteiger partial charge in [0.15, 0.2) is 0 Å². The largest absolute Gasteiger partial charge is 0.456 e. The summed E-state index contributed by atoms with van der Waals surface area (Å²) in [7, 11) is 1.79. The van der Waals surface area contributed by atoms with Gasteiger partial charge in [0.25, 0.3) is 0 Å². The number of benzene rings is 1. The lowest BCUT2D eigenvalue weighted by molar-refractivity contribution is 0.0724. The lowest BCUT2D eigenvalue weighted by atomic mass is 10.3. The second kappa shape index (κ2) is 6.13. The van der Waals surface area contributed by atoms with Crippen LogP contribution in [-0.2, 0) is 7.05 Å². The molecule has 0 fully saturated rings. The zero-order chi connectivity index (χ0) is 15.4. The number of ether oxygens (including phenoxy) is 2. The van der Waals surface area contributed by atoms with Crippen molar-refractivity contribution in [1.29, 1.82) is 0 Å². The van der Waals surface area contributed by atoms with E-state index in [0.29, 0.717) is 22.9 Å². The number of rotatable bonds is 4. The molecule has 0 aliphatic carbocycles. The summed E-state index contributed by atoms with van der Waals surface area (Å²) >= 11 is 0. The van der Waals surface area contributed by atoms with Gasteiger partial charge in [-0.15, -0.1) is 0 Å². The quantitative estimate of drug-likeness (QED) is 0.546. The van der Waals surface area contributed by atoms with Crippen LogP contribution in [0.2, 0.25) is 0 Å². The maximum Gasteiger partial charge on any atom is 0.360 e. The standard InChI is InChI=1S/C17H14N2O3/c1-19-10-4-8-16(19)17(20)22-14-6-2-5-13(11-14)21-15-7-3-9-18-12-15/h2-12H,1H3. The monoisotopic (exact) mass is 294 g/mol. The van der Waals surface area contributed by atoms with E-state index in [0.717, 1.165) is 0 Å². The van der Waals surface area contributed by atoms with Crippen molar-refractivity contribution in [2.24, 2.45) is 7.05 Å². The van der Waals surface area contributed by atoms with Crippen LogP contribution >= 0.6 is 0 Å². The fourth-order valence-corrected chi connectivity index (χ4v) is 1.98. The Morgan fingerprint density at radius 2 is 1.86 bits per heavy atom. The Morgan fingerprint density at radius 1 is 1.05 bits per heavy atom. The summed E-state index contributed by atoms with van der Waals surface area (Å²) < 4.78 is 12.7. The third kappa shape index (κ3) is 3.15. The number of aromatic nitrogens is 2. The number of aryl methyl sites for hydroxylation is 1. The Labute approximate surface area is 127 Å². The number of carbonyl (C=O) groups excluding carboxylic acids is 1. The van der Waals surface area contributed by atoms with Crippen molar-refractivity contribution in [1.82, 2.24) is 9.55 Å². The number of esters is 1. The minimum atomic E-state index is -0.411. The van der Waals surface area contributed by atoms with Crippen LogP contribution < -0.4 is 9.47 Å². The fraction of sp³-hybridized carbons (Fsp3) is 0.0588. The van der Waals surface area contributed by atoms with E-state index in [-0.39, 0.29) is 0 Å². The van der Waals surface area contributed by atoms with Crippen molar-refractivity contribution < 1.29 is 14.3 Å². The van der Waals surface area contributed by atoms with Gasteiger partial charge in [-0.3, -0.25) is 4.98 Å². The highest BCUT2D eigenvalue weighted by atomic mass is 16.5. The van der Waals surface area contributed by atoms with Gasteiger partial charge < -0.3 is 14.0 Å². The first-order valence-corrected chi connectivity index (χ1v) is 6.74. The van der Waals surface area contributed by atoms with E-state index in [1.165, 1.54) is 0 Å². The smallest absolute Gasteiger partial charge is 0.360 e. The fourth-order valence-electron chi connectivity index (χ4n) is 1.98. The number of carbonyl (C=O) groups is 1.